The number of ether oxygens (including phenoxy) is 2. The van der Waals surface area contributed by atoms with Crippen LogP contribution in [0.2, 0.25) is 0 Å². The van der Waals surface area contributed by atoms with Crippen LogP contribution in [-0.4, -0.2) is 24.4 Å². The van der Waals surface area contributed by atoms with Crippen molar-refractivity contribution in [2.24, 2.45) is 0 Å². The van der Waals surface area contributed by atoms with Crippen LogP contribution in [0.15, 0.2) is 51.8 Å². The fraction of sp³-hybridized carbons (Fsp3) is 0.111. The summed E-state index contributed by atoms with van der Waals surface area (Å²) in [5.41, 5.74) is 1.54. The molecule has 0 N–H and O–H groups in total. The molecular formula is C18H14BrNO3S2. The first-order valence-electron chi connectivity index (χ1n) is 7.29. The van der Waals surface area contributed by atoms with Gasteiger partial charge < -0.3 is 9.47 Å². The lowest BCUT2D eigenvalue weighted by Crippen LogP contribution is -2.27. The second kappa shape index (κ2) is 7.59. The third-order valence-electron chi connectivity index (χ3n) is 3.59. The molecule has 2 aromatic carbocycles. The maximum Gasteiger partial charge on any atom is 0.270 e. The highest BCUT2D eigenvalue weighted by Crippen LogP contribution is 2.41. The number of hydrogen-bond acceptors (Lipinski definition) is 5. The zero-order valence-corrected chi connectivity index (χ0v) is 16.7. The van der Waals surface area contributed by atoms with Gasteiger partial charge in [0.15, 0.2) is 4.32 Å². The number of carbonyl (C=O) groups is 1. The molecule has 1 amide bonds. The van der Waals surface area contributed by atoms with E-state index >= 15 is 0 Å². The minimum atomic E-state index is -0.165. The van der Waals surface area contributed by atoms with Crippen molar-refractivity contribution >= 4 is 61.9 Å². The van der Waals surface area contributed by atoms with Crippen molar-refractivity contribution in [3.63, 3.8) is 0 Å². The van der Waals surface area contributed by atoms with Crippen LogP contribution in [0, 0.1) is 0 Å². The van der Waals surface area contributed by atoms with Crippen LogP contribution in [-0.2, 0) is 4.79 Å². The average molecular weight is 436 g/mol. The molecule has 128 valence electrons. The molecule has 7 heteroatoms. The van der Waals surface area contributed by atoms with Gasteiger partial charge in [-0.15, -0.1) is 0 Å². The molecule has 1 fully saturated rings. The predicted octanol–water partition coefficient (Wildman–Crippen LogP) is 4.87. The number of nitrogens with zero attached hydrogens (tertiary/aromatic N) is 1. The first kappa shape index (κ1) is 18.0. The van der Waals surface area contributed by atoms with Crippen LogP contribution in [0.4, 0.5) is 5.69 Å². The number of benzene rings is 2. The summed E-state index contributed by atoms with van der Waals surface area (Å²) >= 11 is 10.1. The molecule has 2 aromatic rings. The van der Waals surface area contributed by atoms with Gasteiger partial charge in [0.25, 0.3) is 5.91 Å². The highest BCUT2D eigenvalue weighted by molar-refractivity contribution is 9.10. The first-order valence-corrected chi connectivity index (χ1v) is 9.31. The summed E-state index contributed by atoms with van der Waals surface area (Å²) in [6, 6.07) is 13.0. The molecule has 25 heavy (non-hydrogen) atoms. The van der Waals surface area contributed by atoms with E-state index in [-0.39, 0.29) is 5.91 Å². The Labute approximate surface area is 163 Å². The van der Waals surface area contributed by atoms with Gasteiger partial charge in [-0.05, 0) is 35.9 Å². The summed E-state index contributed by atoms with van der Waals surface area (Å²) in [7, 11) is 3.13. The SMILES string of the molecule is COc1ccc(N2C(=O)/C(=C/c3ccc(Br)cc3)SC2=S)c(OC)c1. The zero-order chi connectivity index (χ0) is 18.0. The topological polar surface area (TPSA) is 38.8 Å². The van der Waals surface area contributed by atoms with Gasteiger partial charge >= 0.3 is 0 Å². The summed E-state index contributed by atoms with van der Waals surface area (Å²) in [4.78, 5) is 14.9. The minimum Gasteiger partial charge on any atom is -0.497 e. The molecule has 4 nitrogen and oxygen atoms in total. The summed E-state index contributed by atoms with van der Waals surface area (Å²) in [6.07, 6.45) is 1.84. The van der Waals surface area contributed by atoms with Crippen LogP contribution < -0.4 is 14.4 Å². The Bertz CT molecular complexity index is 865. The maximum absolute atomic E-state index is 12.9. The van der Waals surface area contributed by atoms with Gasteiger partial charge in [-0.2, -0.15) is 0 Å². The number of methoxy groups -OCH3 is 2. The third kappa shape index (κ3) is 3.73. The number of thiocarbonyl (C=S) groups is 1. The Morgan fingerprint density at radius 3 is 2.48 bits per heavy atom. The van der Waals surface area contributed by atoms with E-state index in [0.29, 0.717) is 26.4 Å². The molecule has 0 radical (unpaired) electrons. The number of carbonyl (C=O) groups excluding carboxylic acids is 1. The lowest BCUT2D eigenvalue weighted by molar-refractivity contribution is -0.113. The average Bonchev–Trinajstić information content (AvgIpc) is 2.90. The van der Waals surface area contributed by atoms with Crippen molar-refractivity contribution in [1.82, 2.24) is 0 Å². The van der Waals surface area contributed by atoms with E-state index in [4.69, 9.17) is 21.7 Å². The van der Waals surface area contributed by atoms with Gasteiger partial charge in [-0.25, -0.2) is 0 Å². The smallest absolute Gasteiger partial charge is 0.270 e. The van der Waals surface area contributed by atoms with E-state index in [1.165, 1.54) is 16.7 Å². The molecule has 0 aromatic heterocycles. The highest BCUT2D eigenvalue weighted by atomic mass is 79.9. The molecule has 1 aliphatic rings. The lowest BCUT2D eigenvalue weighted by atomic mass is 10.2. The van der Waals surface area contributed by atoms with Gasteiger partial charge in [-0.3, -0.25) is 9.69 Å². The Morgan fingerprint density at radius 1 is 1.12 bits per heavy atom. The summed E-state index contributed by atoms with van der Waals surface area (Å²) in [6.45, 7) is 0. The van der Waals surface area contributed by atoms with Crippen molar-refractivity contribution in [2.45, 2.75) is 0 Å². The summed E-state index contributed by atoms with van der Waals surface area (Å²) < 4.78 is 12.1. The second-order valence-electron chi connectivity index (χ2n) is 5.11. The van der Waals surface area contributed by atoms with E-state index < -0.39 is 0 Å². The van der Waals surface area contributed by atoms with Crippen LogP contribution >= 0.6 is 39.9 Å². The third-order valence-corrected chi connectivity index (χ3v) is 5.42. The Kier molecular flexibility index (Phi) is 5.46. The van der Waals surface area contributed by atoms with Crippen LogP contribution in [0.25, 0.3) is 6.08 Å². The van der Waals surface area contributed by atoms with Crippen LogP contribution in [0.1, 0.15) is 5.56 Å². The van der Waals surface area contributed by atoms with Crippen LogP contribution in [0.5, 0.6) is 11.5 Å². The van der Waals surface area contributed by atoms with Gasteiger partial charge in [0.1, 0.15) is 11.5 Å². The number of hydrogen-bond donors (Lipinski definition) is 0. The number of halogens is 1. The van der Waals surface area contributed by atoms with Crippen LogP contribution in [0.3, 0.4) is 0 Å². The molecule has 3 rings (SSSR count). The van der Waals surface area contributed by atoms with Crippen molar-refractivity contribution in [1.29, 1.82) is 0 Å². The van der Waals surface area contributed by atoms with Gasteiger partial charge in [0.2, 0.25) is 0 Å². The lowest BCUT2D eigenvalue weighted by Gasteiger charge is -2.18. The number of anilines is 1. The normalized spacial score (nSPS) is 15.8. The molecule has 0 spiro atoms. The fourth-order valence-corrected chi connectivity index (χ4v) is 3.90. The summed E-state index contributed by atoms with van der Waals surface area (Å²) in [5.74, 6) is 1.01. The molecule has 1 saturated heterocycles. The Morgan fingerprint density at radius 2 is 1.84 bits per heavy atom. The molecule has 1 aliphatic heterocycles. The fourth-order valence-electron chi connectivity index (χ4n) is 2.36. The second-order valence-corrected chi connectivity index (χ2v) is 7.70. The molecule has 0 atom stereocenters. The van der Waals surface area contributed by atoms with E-state index in [0.717, 1.165) is 10.0 Å². The monoisotopic (exact) mass is 435 g/mol. The quantitative estimate of drug-likeness (QED) is 0.505. The Balaban J connectivity index is 1.95. The molecule has 0 saturated carbocycles. The molecule has 0 aliphatic carbocycles. The largest absolute Gasteiger partial charge is 0.497 e. The molecule has 1 heterocycles. The standard InChI is InChI=1S/C18H14BrNO3S2/c1-22-13-7-8-14(15(10-13)23-2)20-17(21)16(25-18(20)24)9-11-3-5-12(19)6-4-11/h3-10H,1-2H3/b16-9-. The maximum atomic E-state index is 12.9. The highest BCUT2D eigenvalue weighted by Gasteiger charge is 2.35. The Hall–Kier alpha value is -1.83. The number of thioether (sulfide) groups is 1. The van der Waals surface area contributed by atoms with Crippen molar-refractivity contribution in [2.75, 3.05) is 19.1 Å². The van der Waals surface area contributed by atoms with E-state index in [9.17, 15) is 4.79 Å². The zero-order valence-electron chi connectivity index (χ0n) is 13.5. The van der Waals surface area contributed by atoms with Gasteiger partial charge in [-0.1, -0.05) is 52.0 Å². The van der Waals surface area contributed by atoms with E-state index in [2.05, 4.69) is 15.9 Å². The molecular weight excluding hydrogens is 422 g/mol. The molecule has 0 bridgehead atoms. The minimum absolute atomic E-state index is 0.165. The summed E-state index contributed by atoms with van der Waals surface area (Å²) in [5, 5.41) is 0. The predicted molar refractivity (Wildman–Crippen MR) is 109 cm³/mol. The van der Waals surface area contributed by atoms with Gasteiger partial charge in [0.05, 0.1) is 24.8 Å². The number of rotatable bonds is 4. The van der Waals surface area contributed by atoms with E-state index in [1.54, 1.807) is 32.4 Å². The first-order chi connectivity index (χ1) is 12.0. The van der Waals surface area contributed by atoms with Crippen molar-refractivity contribution < 1.29 is 14.3 Å². The van der Waals surface area contributed by atoms with Crippen molar-refractivity contribution in [3.05, 3.63) is 57.4 Å². The van der Waals surface area contributed by atoms with Gasteiger partial charge in [0, 0.05) is 10.5 Å². The molecule has 0 unspecified atom stereocenters. The van der Waals surface area contributed by atoms with Crippen molar-refractivity contribution in [3.8, 4) is 11.5 Å². The van der Waals surface area contributed by atoms with E-state index in [1.807, 2.05) is 30.3 Å². The number of amides is 1.